The van der Waals surface area contributed by atoms with E-state index in [0.29, 0.717) is 0 Å². The number of benzene rings is 1. The quantitative estimate of drug-likeness (QED) is 0.818. The van der Waals surface area contributed by atoms with Crippen LogP contribution in [0.3, 0.4) is 0 Å². The van der Waals surface area contributed by atoms with Crippen LogP contribution in [-0.4, -0.2) is 29.5 Å². The van der Waals surface area contributed by atoms with E-state index in [4.69, 9.17) is 0 Å². The first kappa shape index (κ1) is 11.7. The molecule has 1 aliphatic rings. The van der Waals surface area contributed by atoms with Crippen molar-refractivity contribution in [3.05, 3.63) is 42.1 Å². The molecule has 18 heavy (non-hydrogen) atoms. The second kappa shape index (κ2) is 5.49. The van der Waals surface area contributed by atoms with Gasteiger partial charge < -0.3 is 4.90 Å². The molecule has 2 heterocycles. The third-order valence-electron chi connectivity index (χ3n) is 3.89. The fourth-order valence-electron chi connectivity index (χ4n) is 2.83. The lowest BCUT2D eigenvalue weighted by Crippen LogP contribution is -2.31. The SMILES string of the molecule is c1ccc2c(CCN3CCCCC3)ccnc2c1. The van der Waals surface area contributed by atoms with Gasteiger partial charge in [-0.15, -0.1) is 0 Å². The molecule has 2 nitrogen and oxygen atoms in total. The monoisotopic (exact) mass is 240 g/mol. The Morgan fingerprint density at radius 1 is 1.00 bits per heavy atom. The highest BCUT2D eigenvalue weighted by Crippen LogP contribution is 2.17. The number of pyridine rings is 1. The molecule has 2 aromatic rings. The lowest BCUT2D eigenvalue weighted by Gasteiger charge is -2.26. The van der Waals surface area contributed by atoms with Gasteiger partial charge in [-0.05, 0) is 50.0 Å². The molecule has 0 unspecified atom stereocenters. The van der Waals surface area contributed by atoms with Gasteiger partial charge in [-0.3, -0.25) is 4.98 Å². The van der Waals surface area contributed by atoms with Crippen LogP contribution in [0.4, 0.5) is 0 Å². The summed E-state index contributed by atoms with van der Waals surface area (Å²) in [4.78, 5) is 7.02. The minimum atomic E-state index is 1.12. The Hall–Kier alpha value is -1.41. The van der Waals surface area contributed by atoms with Crippen LogP contribution in [0.15, 0.2) is 36.5 Å². The van der Waals surface area contributed by atoms with Crippen molar-refractivity contribution in [3.8, 4) is 0 Å². The molecule has 0 saturated carbocycles. The standard InChI is InChI=1S/C16H20N2/c1-4-11-18(12-5-1)13-9-14-8-10-17-16-7-3-2-6-15(14)16/h2-3,6-8,10H,1,4-5,9,11-13H2. The maximum absolute atomic E-state index is 4.42. The summed E-state index contributed by atoms with van der Waals surface area (Å²) in [5.74, 6) is 0. The molecule has 1 fully saturated rings. The molecule has 0 radical (unpaired) electrons. The van der Waals surface area contributed by atoms with Crippen LogP contribution in [-0.2, 0) is 6.42 Å². The van der Waals surface area contributed by atoms with Crippen LogP contribution >= 0.6 is 0 Å². The molecule has 3 rings (SSSR count). The number of aromatic nitrogens is 1. The van der Waals surface area contributed by atoms with Crippen LogP contribution in [0.1, 0.15) is 24.8 Å². The van der Waals surface area contributed by atoms with Crippen molar-refractivity contribution in [1.82, 2.24) is 9.88 Å². The highest BCUT2D eigenvalue weighted by Gasteiger charge is 2.10. The second-order valence-corrected chi connectivity index (χ2v) is 5.14. The van der Waals surface area contributed by atoms with Crippen LogP contribution in [0, 0.1) is 0 Å². The van der Waals surface area contributed by atoms with Crippen LogP contribution in [0.2, 0.25) is 0 Å². The van der Waals surface area contributed by atoms with Gasteiger partial charge in [0.15, 0.2) is 0 Å². The summed E-state index contributed by atoms with van der Waals surface area (Å²) < 4.78 is 0. The van der Waals surface area contributed by atoms with Crippen molar-refractivity contribution < 1.29 is 0 Å². The summed E-state index contributed by atoms with van der Waals surface area (Å²) in [7, 11) is 0. The number of hydrogen-bond acceptors (Lipinski definition) is 2. The van der Waals surface area contributed by atoms with Gasteiger partial charge >= 0.3 is 0 Å². The number of nitrogens with zero attached hydrogens (tertiary/aromatic N) is 2. The van der Waals surface area contributed by atoms with E-state index in [0.717, 1.165) is 11.9 Å². The number of piperidine rings is 1. The average molecular weight is 240 g/mol. The number of fused-ring (bicyclic) bond motifs is 1. The van der Waals surface area contributed by atoms with Crippen molar-refractivity contribution >= 4 is 10.9 Å². The predicted octanol–water partition coefficient (Wildman–Crippen LogP) is 3.26. The van der Waals surface area contributed by atoms with E-state index in [-0.39, 0.29) is 0 Å². The molecule has 0 N–H and O–H groups in total. The summed E-state index contributed by atoms with van der Waals surface area (Å²) in [6, 6.07) is 10.6. The van der Waals surface area contributed by atoms with Crippen LogP contribution in [0.25, 0.3) is 10.9 Å². The molecule has 0 amide bonds. The zero-order chi connectivity index (χ0) is 12.2. The Balaban J connectivity index is 1.74. The highest BCUT2D eigenvalue weighted by molar-refractivity contribution is 5.81. The Morgan fingerprint density at radius 2 is 1.83 bits per heavy atom. The molecule has 94 valence electrons. The van der Waals surface area contributed by atoms with E-state index in [1.807, 2.05) is 6.20 Å². The molecule has 0 atom stereocenters. The Bertz CT molecular complexity index is 510. The van der Waals surface area contributed by atoms with E-state index in [1.165, 1.54) is 49.8 Å². The average Bonchev–Trinajstić information content (AvgIpc) is 2.46. The maximum Gasteiger partial charge on any atom is 0.0704 e. The Morgan fingerprint density at radius 3 is 2.72 bits per heavy atom. The molecular formula is C16H20N2. The molecule has 0 bridgehead atoms. The fraction of sp³-hybridized carbons (Fsp3) is 0.438. The van der Waals surface area contributed by atoms with E-state index in [2.05, 4.69) is 40.2 Å². The second-order valence-electron chi connectivity index (χ2n) is 5.14. The zero-order valence-corrected chi connectivity index (χ0v) is 10.8. The Kier molecular flexibility index (Phi) is 3.56. The minimum Gasteiger partial charge on any atom is -0.303 e. The first-order chi connectivity index (χ1) is 8.93. The first-order valence-corrected chi connectivity index (χ1v) is 6.98. The van der Waals surface area contributed by atoms with Crippen LogP contribution < -0.4 is 0 Å². The number of likely N-dealkylation sites (tertiary alicyclic amines) is 1. The third-order valence-corrected chi connectivity index (χ3v) is 3.89. The lowest BCUT2D eigenvalue weighted by molar-refractivity contribution is 0.231. The van der Waals surface area contributed by atoms with E-state index in [9.17, 15) is 0 Å². The van der Waals surface area contributed by atoms with Crippen molar-refractivity contribution in [3.63, 3.8) is 0 Å². The predicted molar refractivity (Wildman–Crippen MR) is 75.7 cm³/mol. The normalized spacial score (nSPS) is 17.1. The number of para-hydroxylation sites is 1. The molecule has 1 aromatic carbocycles. The minimum absolute atomic E-state index is 1.12. The van der Waals surface area contributed by atoms with E-state index in [1.54, 1.807) is 0 Å². The lowest BCUT2D eigenvalue weighted by atomic mass is 10.1. The largest absolute Gasteiger partial charge is 0.303 e. The summed E-state index contributed by atoms with van der Waals surface area (Å²) in [5, 5.41) is 1.32. The van der Waals surface area contributed by atoms with Gasteiger partial charge in [-0.25, -0.2) is 0 Å². The zero-order valence-electron chi connectivity index (χ0n) is 10.8. The van der Waals surface area contributed by atoms with Crippen molar-refractivity contribution in [2.75, 3.05) is 19.6 Å². The van der Waals surface area contributed by atoms with Gasteiger partial charge in [0.25, 0.3) is 0 Å². The third kappa shape index (κ3) is 2.54. The van der Waals surface area contributed by atoms with Gasteiger partial charge in [0.2, 0.25) is 0 Å². The smallest absolute Gasteiger partial charge is 0.0704 e. The summed E-state index contributed by atoms with van der Waals surface area (Å²) >= 11 is 0. The van der Waals surface area contributed by atoms with Gasteiger partial charge in [-0.2, -0.15) is 0 Å². The molecule has 1 aromatic heterocycles. The first-order valence-electron chi connectivity index (χ1n) is 6.98. The summed E-state index contributed by atoms with van der Waals surface area (Å²) in [5.41, 5.74) is 2.56. The molecule has 1 aliphatic heterocycles. The van der Waals surface area contributed by atoms with Crippen molar-refractivity contribution in [2.45, 2.75) is 25.7 Å². The van der Waals surface area contributed by atoms with Crippen molar-refractivity contribution in [1.29, 1.82) is 0 Å². The fourth-order valence-corrected chi connectivity index (χ4v) is 2.83. The number of hydrogen-bond donors (Lipinski definition) is 0. The van der Waals surface area contributed by atoms with E-state index < -0.39 is 0 Å². The molecule has 0 aliphatic carbocycles. The number of rotatable bonds is 3. The van der Waals surface area contributed by atoms with E-state index >= 15 is 0 Å². The molecular weight excluding hydrogens is 220 g/mol. The van der Waals surface area contributed by atoms with Crippen molar-refractivity contribution in [2.24, 2.45) is 0 Å². The molecule has 2 heteroatoms. The maximum atomic E-state index is 4.42. The van der Waals surface area contributed by atoms with Crippen LogP contribution in [0.5, 0.6) is 0 Å². The summed E-state index contributed by atoms with van der Waals surface area (Å²) in [6.07, 6.45) is 7.24. The molecule has 1 saturated heterocycles. The Labute approximate surface area is 109 Å². The summed E-state index contributed by atoms with van der Waals surface area (Å²) in [6.45, 7) is 3.75. The van der Waals surface area contributed by atoms with Gasteiger partial charge in [-0.1, -0.05) is 24.6 Å². The van der Waals surface area contributed by atoms with Gasteiger partial charge in [0.1, 0.15) is 0 Å². The topological polar surface area (TPSA) is 16.1 Å². The van der Waals surface area contributed by atoms with Gasteiger partial charge in [0.05, 0.1) is 5.52 Å². The molecule has 0 spiro atoms. The highest BCUT2D eigenvalue weighted by atomic mass is 15.1. The van der Waals surface area contributed by atoms with Gasteiger partial charge in [0, 0.05) is 18.1 Å².